The Morgan fingerprint density at radius 1 is 1.35 bits per heavy atom. The van der Waals surface area contributed by atoms with Gasteiger partial charge in [0.15, 0.2) is 0 Å². The zero-order valence-electron chi connectivity index (χ0n) is 12.7. The first kappa shape index (κ1) is 15.2. The maximum Gasteiger partial charge on any atom is 0.137 e. The molecule has 1 fully saturated rings. The Labute approximate surface area is 122 Å². The van der Waals surface area contributed by atoms with E-state index in [9.17, 15) is 4.79 Å². The molecular formula is C17H26N2O. The number of ketones is 1. The van der Waals surface area contributed by atoms with Crippen LogP contribution in [0, 0.1) is 11.8 Å². The van der Waals surface area contributed by atoms with Gasteiger partial charge in [-0.2, -0.15) is 0 Å². The summed E-state index contributed by atoms with van der Waals surface area (Å²) in [6.45, 7) is 4.02. The average molecular weight is 274 g/mol. The molecule has 1 aromatic heterocycles. The van der Waals surface area contributed by atoms with Crippen LogP contribution in [-0.2, 0) is 11.3 Å². The monoisotopic (exact) mass is 274 g/mol. The molecule has 1 aliphatic carbocycles. The summed E-state index contributed by atoms with van der Waals surface area (Å²) in [5.74, 6) is 1.48. The van der Waals surface area contributed by atoms with Crippen LogP contribution in [-0.4, -0.2) is 29.3 Å². The highest BCUT2D eigenvalue weighted by atomic mass is 16.1. The van der Waals surface area contributed by atoms with Gasteiger partial charge in [0.1, 0.15) is 5.78 Å². The molecule has 0 radical (unpaired) electrons. The predicted octanol–water partition coefficient (Wildman–Crippen LogP) is 3.30. The SMILES string of the molecule is CCCC1CCC(=O)C(CN(C)Cc2ccncc2)C1. The molecule has 2 unspecified atom stereocenters. The van der Waals surface area contributed by atoms with Gasteiger partial charge in [0.05, 0.1) is 0 Å². The summed E-state index contributed by atoms with van der Waals surface area (Å²) < 4.78 is 0. The van der Waals surface area contributed by atoms with Crippen LogP contribution in [0.2, 0.25) is 0 Å². The van der Waals surface area contributed by atoms with Gasteiger partial charge in [0.25, 0.3) is 0 Å². The topological polar surface area (TPSA) is 33.2 Å². The molecule has 3 heteroatoms. The van der Waals surface area contributed by atoms with E-state index in [0.717, 1.165) is 38.3 Å². The van der Waals surface area contributed by atoms with E-state index >= 15 is 0 Å². The lowest BCUT2D eigenvalue weighted by Crippen LogP contribution is -2.34. The van der Waals surface area contributed by atoms with Crippen molar-refractivity contribution in [3.8, 4) is 0 Å². The molecule has 2 atom stereocenters. The smallest absolute Gasteiger partial charge is 0.137 e. The summed E-state index contributed by atoms with van der Waals surface area (Å²) in [5.41, 5.74) is 1.26. The quantitative estimate of drug-likeness (QED) is 0.798. The predicted molar refractivity (Wildman–Crippen MR) is 81.3 cm³/mol. The Hall–Kier alpha value is -1.22. The number of hydrogen-bond donors (Lipinski definition) is 0. The summed E-state index contributed by atoms with van der Waals surface area (Å²) in [5, 5.41) is 0. The minimum atomic E-state index is 0.243. The van der Waals surface area contributed by atoms with Crippen LogP contribution in [0.1, 0.15) is 44.6 Å². The van der Waals surface area contributed by atoms with E-state index in [1.807, 2.05) is 24.5 Å². The van der Waals surface area contributed by atoms with Gasteiger partial charge in [-0.15, -0.1) is 0 Å². The Balaban J connectivity index is 1.85. The third-order valence-electron chi connectivity index (χ3n) is 4.30. The molecule has 2 rings (SSSR count). The van der Waals surface area contributed by atoms with Gasteiger partial charge >= 0.3 is 0 Å². The van der Waals surface area contributed by atoms with E-state index < -0.39 is 0 Å². The standard InChI is InChI=1S/C17H26N2O/c1-3-4-14-5-6-17(20)16(11-14)13-19(2)12-15-7-9-18-10-8-15/h7-10,14,16H,3-6,11-13H2,1-2H3. The number of rotatable bonds is 6. The van der Waals surface area contributed by atoms with E-state index in [0.29, 0.717) is 5.78 Å². The summed E-state index contributed by atoms with van der Waals surface area (Å²) in [6, 6.07) is 4.08. The largest absolute Gasteiger partial charge is 0.301 e. The van der Waals surface area contributed by atoms with Crippen LogP contribution in [0.25, 0.3) is 0 Å². The molecule has 1 saturated carbocycles. The van der Waals surface area contributed by atoms with E-state index in [-0.39, 0.29) is 5.92 Å². The molecule has 110 valence electrons. The zero-order valence-corrected chi connectivity index (χ0v) is 12.7. The van der Waals surface area contributed by atoms with Crippen LogP contribution in [0.15, 0.2) is 24.5 Å². The minimum Gasteiger partial charge on any atom is -0.301 e. The Morgan fingerprint density at radius 2 is 2.10 bits per heavy atom. The van der Waals surface area contributed by atoms with Crippen LogP contribution >= 0.6 is 0 Å². The maximum atomic E-state index is 12.1. The summed E-state index contributed by atoms with van der Waals surface area (Å²) in [4.78, 5) is 18.4. The molecule has 0 bridgehead atoms. The first-order valence-electron chi connectivity index (χ1n) is 7.79. The van der Waals surface area contributed by atoms with Crippen molar-refractivity contribution in [2.75, 3.05) is 13.6 Å². The number of hydrogen-bond acceptors (Lipinski definition) is 3. The lowest BCUT2D eigenvalue weighted by Gasteiger charge is -2.30. The molecule has 1 heterocycles. The highest BCUT2D eigenvalue weighted by Crippen LogP contribution is 2.30. The molecule has 0 aliphatic heterocycles. The normalized spacial score (nSPS) is 23.2. The van der Waals surface area contributed by atoms with Crippen molar-refractivity contribution in [2.45, 2.75) is 45.6 Å². The second kappa shape index (κ2) is 7.53. The highest BCUT2D eigenvalue weighted by Gasteiger charge is 2.28. The number of nitrogens with zero attached hydrogens (tertiary/aromatic N) is 2. The number of pyridine rings is 1. The Morgan fingerprint density at radius 3 is 2.80 bits per heavy atom. The molecule has 0 amide bonds. The fourth-order valence-corrected chi connectivity index (χ4v) is 3.29. The van der Waals surface area contributed by atoms with Gasteiger partial charge in [-0.3, -0.25) is 9.78 Å². The molecular weight excluding hydrogens is 248 g/mol. The fourth-order valence-electron chi connectivity index (χ4n) is 3.29. The van der Waals surface area contributed by atoms with E-state index in [1.165, 1.54) is 18.4 Å². The second-order valence-corrected chi connectivity index (χ2v) is 6.14. The third-order valence-corrected chi connectivity index (χ3v) is 4.30. The van der Waals surface area contributed by atoms with Crippen LogP contribution < -0.4 is 0 Å². The van der Waals surface area contributed by atoms with E-state index in [1.54, 1.807) is 0 Å². The summed E-state index contributed by atoms with van der Waals surface area (Å²) >= 11 is 0. The van der Waals surface area contributed by atoms with Gasteiger partial charge in [-0.05, 0) is 43.5 Å². The van der Waals surface area contributed by atoms with Crippen molar-refractivity contribution in [3.63, 3.8) is 0 Å². The van der Waals surface area contributed by atoms with Crippen molar-refractivity contribution >= 4 is 5.78 Å². The average Bonchev–Trinajstić information content (AvgIpc) is 2.44. The number of carbonyl (C=O) groups is 1. The lowest BCUT2D eigenvalue weighted by molar-refractivity contribution is -0.126. The molecule has 20 heavy (non-hydrogen) atoms. The fraction of sp³-hybridized carbons (Fsp3) is 0.647. The first-order valence-corrected chi connectivity index (χ1v) is 7.79. The molecule has 1 aromatic rings. The molecule has 1 aliphatic rings. The molecule has 0 aromatic carbocycles. The van der Waals surface area contributed by atoms with Crippen LogP contribution in [0.4, 0.5) is 0 Å². The van der Waals surface area contributed by atoms with Crippen LogP contribution in [0.3, 0.4) is 0 Å². The van der Waals surface area contributed by atoms with Gasteiger partial charge < -0.3 is 4.90 Å². The Kier molecular flexibility index (Phi) is 5.72. The molecule has 3 nitrogen and oxygen atoms in total. The van der Waals surface area contributed by atoms with Gasteiger partial charge in [0.2, 0.25) is 0 Å². The van der Waals surface area contributed by atoms with Crippen LogP contribution in [0.5, 0.6) is 0 Å². The van der Waals surface area contributed by atoms with Crippen molar-refractivity contribution < 1.29 is 4.79 Å². The first-order chi connectivity index (χ1) is 9.69. The number of carbonyl (C=O) groups excluding carboxylic acids is 1. The van der Waals surface area contributed by atoms with Crippen molar-refractivity contribution in [1.29, 1.82) is 0 Å². The van der Waals surface area contributed by atoms with Gasteiger partial charge in [-0.1, -0.05) is 19.8 Å². The van der Waals surface area contributed by atoms with Gasteiger partial charge in [0, 0.05) is 37.8 Å². The highest BCUT2D eigenvalue weighted by molar-refractivity contribution is 5.81. The second-order valence-electron chi connectivity index (χ2n) is 6.14. The lowest BCUT2D eigenvalue weighted by atomic mass is 9.78. The zero-order chi connectivity index (χ0) is 14.4. The number of Topliss-reactive ketones (excluding diaryl/α,β-unsaturated/α-hetero) is 1. The number of aromatic nitrogens is 1. The van der Waals surface area contributed by atoms with Crippen molar-refractivity contribution in [1.82, 2.24) is 9.88 Å². The van der Waals surface area contributed by atoms with Crippen molar-refractivity contribution in [2.24, 2.45) is 11.8 Å². The van der Waals surface area contributed by atoms with Crippen molar-refractivity contribution in [3.05, 3.63) is 30.1 Å². The minimum absolute atomic E-state index is 0.243. The molecule has 0 N–H and O–H groups in total. The molecule has 0 spiro atoms. The Bertz CT molecular complexity index is 418. The van der Waals surface area contributed by atoms with E-state index in [2.05, 4.69) is 23.9 Å². The molecule has 0 saturated heterocycles. The third kappa shape index (κ3) is 4.41. The maximum absolute atomic E-state index is 12.1. The van der Waals surface area contributed by atoms with Gasteiger partial charge in [-0.25, -0.2) is 0 Å². The summed E-state index contributed by atoms with van der Waals surface area (Å²) in [6.07, 6.45) is 9.15. The summed E-state index contributed by atoms with van der Waals surface area (Å²) in [7, 11) is 2.11. The van der Waals surface area contributed by atoms with E-state index in [4.69, 9.17) is 0 Å².